The van der Waals surface area contributed by atoms with E-state index in [1.807, 2.05) is 41.4 Å². The Labute approximate surface area is 148 Å². The predicted molar refractivity (Wildman–Crippen MR) is 96.9 cm³/mol. The molecule has 0 spiro atoms. The molecule has 2 aromatic rings. The summed E-state index contributed by atoms with van der Waals surface area (Å²) < 4.78 is 0. The maximum Gasteiger partial charge on any atom is 0.317 e. The Bertz CT molecular complexity index is 656. The Balaban J connectivity index is 1.49. The molecule has 6 nitrogen and oxygen atoms in total. The number of pyridine rings is 2. The predicted octanol–water partition coefficient (Wildman–Crippen LogP) is 2.46. The van der Waals surface area contributed by atoms with Crippen LogP contribution >= 0.6 is 0 Å². The number of rotatable bonds is 5. The molecule has 0 saturated carbocycles. The van der Waals surface area contributed by atoms with Crippen molar-refractivity contribution in [1.29, 1.82) is 0 Å². The molecule has 1 fully saturated rings. The van der Waals surface area contributed by atoms with Gasteiger partial charge in [-0.3, -0.25) is 14.9 Å². The molecule has 1 N–H and O–H groups in total. The Morgan fingerprint density at radius 2 is 1.88 bits per heavy atom. The smallest absolute Gasteiger partial charge is 0.317 e. The number of hydrogen-bond acceptors (Lipinski definition) is 4. The molecule has 1 atom stereocenters. The van der Waals surface area contributed by atoms with Gasteiger partial charge in [0, 0.05) is 51.3 Å². The van der Waals surface area contributed by atoms with Crippen LogP contribution in [0.2, 0.25) is 0 Å². The van der Waals surface area contributed by atoms with Gasteiger partial charge >= 0.3 is 6.03 Å². The van der Waals surface area contributed by atoms with E-state index in [1.54, 1.807) is 12.4 Å². The normalized spacial score (nSPS) is 16.4. The highest BCUT2D eigenvalue weighted by atomic mass is 16.2. The van der Waals surface area contributed by atoms with Crippen LogP contribution in [0, 0.1) is 0 Å². The first kappa shape index (κ1) is 17.4. The summed E-state index contributed by atoms with van der Waals surface area (Å²) >= 11 is 0. The van der Waals surface area contributed by atoms with Crippen LogP contribution in [0.1, 0.15) is 30.6 Å². The number of hydrogen-bond donors (Lipinski definition) is 1. The van der Waals surface area contributed by atoms with Crippen LogP contribution in [0.5, 0.6) is 0 Å². The average Bonchev–Trinajstić information content (AvgIpc) is 2.68. The lowest BCUT2D eigenvalue weighted by molar-refractivity contribution is 0.132. The van der Waals surface area contributed by atoms with Crippen LogP contribution < -0.4 is 5.32 Å². The number of amides is 2. The van der Waals surface area contributed by atoms with E-state index in [2.05, 4.69) is 27.1 Å². The van der Waals surface area contributed by atoms with Crippen LogP contribution in [0.4, 0.5) is 4.79 Å². The minimum atomic E-state index is 0.0150. The van der Waals surface area contributed by atoms with E-state index in [0.717, 1.165) is 50.4 Å². The van der Waals surface area contributed by atoms with E-state index in [1.165, 1.54) is 0 Å². The van der Waals surface area contributed by atoms with Gasteiger partial charge in [-0.2, -0.15) is 0 Å². The Morgan fingerprint density at radius 1 is 1.12 bits per heavy atom. The summed E-state index contributed by atoms with van der Waals surface area (Å²) in [5.74, 6) is 0. The van der Waals surface area contributed by atoms with Gasteiger partial charge < -0.3 is 10.2 Å². The van der Waals surface area contributed by atoms with E-state index in [-0.39, 0.29) is 12.1 Å². The number of carbonyl (C=O) groups is 1. The quantitative estimate of drug-likeness (QED) is 0.909. The third-order valence-corrected chi connectivity index (χ3v) is 4.59. The molecule has 0 aliphatic carbocycles. The first-order valence-corrected chi connectivity index (χ1v) is 8.84. The fourth-order valence-corrected chi connectivity index (χ4v) is 3.09. The summed E-state index contributed by atoms with van der Waals surface area (Å²) in [5.41, 5.74) is 2.17. The number of nitrogens with zero attached hydrogens (tertiary/aromatic N) is 4. The van der Waals surface area contributed by atoms with Crippen molar-refractivity contribution < 1.29 is 4.79 Å². The molecule has 2 aromatic heterocycles. The lowest BCUT2D eigenvalue weighted by Crippen LogP contribution is -2.52. The van der Waals surface area contributed by atoms with E-state index in [0.29, 0.717) is 0 Å². The number of urea groups is 1. The fraction of sp³-hybridized carbons (Fsp3) is 0.421. The van der Waals surface area contributed by atoms with Crippen molar-refractivity contribution >= 4 is 6.03 Å². The first-order valence-electron chi connectivity index (χ1n) is 8.84. The lowest BCUT2D eigenvalue weighted by Gasteiger charge is -2.35. The van der Waals surface area contributed by atoms with Gasteiger partial charge in [-0.1, -0.05) is 13.0 Å². The molecular weight excluding hydrogens is 314 g/mol. The minimum Gasteiger partial charge on any atom is -0.331 e. The minimum absolute atomic E-state index is 0.0150. The molecule has 0 radical (unpaired) electrons. The van der Waals surface area contributed by atoms with Gasteiger partial charge in [0.1, 0.15) is 0 Å². The Kier molecular flexibility index (Phi) is 5.95. The Hall–Kier alpha value is -2.47. The van der Waals surface area contributed by atoms with Gasteiger partial charge in [-0.05, 0) is 36.2 Å². The van der Waals surface area contributed by atoms with Gasteiger partial charge in [-0.25, -0.2) is 4.79 Å². The molecule has 0 aromatic carbocycles. The summed E-state index contributed by atoms with van der Waals surface area (Å²) in [4.78, 5) is 25.2. The van der Waals surface area contributed by atoms with Crippen molar-refractivity contribution in [2.24, 2.45) is 0 Å². The second kappa shape index (κ2) is 8.58. The van der Waals surface area contributed by atoms with Crippen LogP contribution in [0.15, 0.2) is 48.9 Å². The van der Waals surface area contributed by atoms with Crippen molar-refractivity contribution in [2.45, 2.75) is 25.9 Å². The van der Waals surface area contributed by atoms with Gasteiger partial charge in [0.15, 0.2) is 0 Å². The Morgan fingerprint density at radius 3 is 2.52 bits per heavy atom. The first-order chi connectivity index (χ1) is 12.3. The molecule has 6 heteroatoms. The molecule has 1 aliphatic heterocycles. The monoisotopic (exact) mass is 339 g/mol. The highest BCUT2D eigenvalue weighted by Crippen LogP contribution is 2.16. The molecule has 132 valence electrons. The van der Waals surface area contributed by atoms with Crippen molar-refractivity contribution in [3.05, 3.63) is 60.2 Å². The highest BCUT2D eigenvalue weighted by molar-refractivity contribution is 5.74. The van der Waals surface area contributed by atoms with Crippen LogP contribution in [-0.2, 0) is 6.54 Å². The third-order valence-electron chi connectivity index (χ3n) is 4.59. The summed E-state index contributed by atoms with van der Waals surface area (Å²) in [5, 5.41) is 3.15. The highest BCUT2D eigenvalue weighted by Gasteiger charge is 2.23. The molecule has 2 amide bonds. The fourth-order valence-electron chi connectivity index (χ4n) is 3.09. The lowest BCUT2D eigenvalue weighted by atomic mass is 10.1. The zero-order valence-electron chi connectivity index (χ0n) is 14.6. The van der Waals surface area contributed by atoms with Crippen LogP contribution in [0.3, 0.4) is 0 Å². The maximum absolute atomic E-state index is 12.6. The zero-order valence-corrected chi connectivity index (χ0v) is 14.6. The van der Waals surface area contributed by atoms with E-state index in [4.69, 9.17) is 0 Å². The number of aromatic nitrogens is 2. The molecule has 1 aliphatic rings. The topological polar surface area (TPSA) is 61.4 Å². The SMILES string of the molecule is CC[C@H](NC(=O)N1CCN(Cc2ccccn2)CC1)c1ccncc1. The molecule has 25 heavy (non-hydrogen) atoms. The number of carbonyl (C=O) groups excluding carboxylic acids is 1. The number of piperazine rings is 1. The van der Waals surface area contributed by atoms with E-state index >= 15 is 0 Å². The van der Waals surface area contributed by atoms with Crippen molar-refractivity contribution in [3.8, 4) is 0 Å². The average molecular weight is 339 g/mol. The van der Waals surface area contributed by atoms with Crippen molar-refractivity contribution in [1.82, 2.24) is 25.1 Å². The third kappa shape index (κ3) is 4.76. The second-order valence-electron chi connectivity index (χ2n) is 6.28. The van der Waals surface area contributed by atoms with E-state index < -0.39 is 0 Å². The van der Waals surface area contributed by atoms with Crippen LogP contribution in [0.25, 0.3) is 0 Å². The summed E-state index contributed by atoms with van der Waals surface area (Å²) in [7, 11) is 0. The molecule has 0 bridgehead atoms. The van der Waals surface area contributed by atoms with Gasteiger partial charge in [0.05, 0.1) is 11.7 Å². The van der Waals surface area contributed by atoms with Gasteiger partial charge in [-0.15, -0.1) is 0 Å². The van der Waals surface area contributed by atoms with Crippen molar-refractivity contribution in [3.63, 3.8) is 0 Å². The zero-order chi connectivity index (χ0) is 17.5. The summed E-state index contributed by atoms with van der Waals surface area (Å²) in [6.45, 7) is 6.14. The largest absolute Gasteiger partial charge is 0.331 e. The summed E-state index contributed by atoms with van der Waals surface area (Å²) in [6.07, 6.45) is 6.21. The molecule has 0 unspecified atom stereocenters. The summed E-state index contributed by atoms with van der Waals surface area (Å²) in [6, 6.07) is 9.94. The number of nitrogens with one attached hydrogen (secondary N) is 1. The van der Waals surface area contributed by atoms with Crippen molar-refractivity contribution in [2.75, 3.05) is 26.2 Å². The molecule has 1 saturated heterocycles. The molecule has 3 rings (SSSR count). The van der Waals surface area contributed by atoms with Crippen LogP contribution in [-0.4, -0.2) is 52.0 Å². The standard InChI is InChI=1S/C19H25N5O/c1-2-18(16-6-9-20-10-7-16)22-19(25)24-13-11-23(12-14-24)15-17-5-3-4-8-21-17/h3-10,18H,2,11-15H2,1H3,(H,22,25)/t18-/m0/s1. The van der Waals surface area contributed by atoms with E-state index in [9.17, 15) is 4.79 Å². The second-order valence-corrected chi connectivity index (χ2v) is 6.28. The molecular formula is C19H25N5O. The van der Waals surface area contributed by atoms with Gasteiger partial charge in [0.25, 0.3) is 0 Å². The molecule has 3 heterocycles. The van der Waals surface area contributed by atoms with Gasteiger partial charge in [0.2, 0.25) is 0 Å². The maximum atomic E-state index is 12.6.